The molecule has 0 saturated heterocycles. The number of hydrogen-bond donors (Lipinski definition) is 3. The predicted octanol–water partition coefficient (Wildman–Crippen LogP) is -0.619. The summed E-state index contributed by atoms with van der Waals surface area (Å²) < 4.78 is 0. The average Bonchev–Trinajstić information content (AvgIpc) is 1.89. The zero-order chi connectivity index (χ0) is 7.11. The van der Waals surface area contributed by atoms with Crippen molar-refractivity contribution in [1.82, 2.24) is 5.32 Å². The van der Waals surface area contributed by atoms with Crippen molar-refractivity contribution in [2.24, 2.45) is 5.73 Å². The fourth-order valence-electron chi connectivity index (χ4n) is 0.379. The Kier molecular flexibility index (Phi) is 5.76. The van der Waals surface area contributed by atoms with Crippen LogP contribution in [0.15, 0.2) is 0 Å². The van der Waals surface area contributed by atoms with Gasteiger partial charge < -0.3 is 11.1 Å². The molecule has 0 aromatic rings. The second-order valence-corrected chi connectivity index (χ2v) is 2.08. The lowest BCUT2D eigenvalue weighted by molar-refractivity contribution is -0.119. The van der Waals surface area contributed by atoms with Gasteiger partial charge in [0.1, 0.15) is 0 Å². The third-order valence-corrected chi connectivity index (χ3v) is 1.16. The van der Waals surface area contributed by atoms with Gasteiger partial charge in [0.25, 0.3) is 0 Å². The number of carbonyl (C=O) groups excluding carboxylic acids is 1. The summed E-state index contributed by atoms with van der Waals surface area (Å²) in [6.07, 6.45) is 0.898. The molecule has 0 aromatic heterocycles. The fourth-order valence-corrected chi connectivity index (χ4v) is 0.537. The van der Waals surface area contributed by atoms with Crippen molar-refractivity contribution in [2.75, 3.05) is 18.8 Å². The normalized spacial score (nSPS) is 9.11. The number of nitrogens with two attached hydrogens (primary N) is 1. The molecule has 0 unspecified atom stereocenters. The van der Waals surface area contributed by atoms with Gasteiger partial charge in [-0.05, 0) is 12.2 Å². The lowest BCUT2D eigenvalue weighted by Gasteiger charge is -1.99. The monoisotopic (exact) mass is 148 g/mol. The summed E-state index contributed by atoms with van der Waals surface area (Å²) in [6.45, 7) is 0.756. The molecule has 0 radical (unpaired) electrons. The van der Waals surface area contributed by atoms with Crippen LogP contribution < -0.4 is 11.1 Å². The number of rotatable bonds is 4. The van der Waals surface area contributed by atoms with E-state index in [9.17, 15) is 4.79 Å². The first-order valence-corrected chi connectivity index (χ1v) is 3.52. The van der Waals surface area contributed by atoms with Crippen molar-refractivity contribution in [2.45, 2.75) is 6.42 Å². The maximum Gasteiger partial charge on any atom is 0.233 e. The summed E-state index contributed by atoms with van der Waals surface area (Å²) in [6, 6.07) is 0. The molecule has 9 heavy (non-hydrogen) atoms. The van der Waals surface area contributed by atoms with E-state index in [2.05, 4.69) is 17.9 Å². The summed E-state index contributed by atoms with van der Waals surface area (Å²) in [7, 11) is 0. The Balaban J connectivity index is 2.97. The number of hydrogen-bond acceptors (Lipinski definition) is 3. The second-order valence-electron chi connectivity index (χ2n) is 1.63. The summed E-state index contributed by atoms with van der Waals surface area (Å²) in [5.74, 6) is 0.696. The SMILES string of the molecule is NCC(=O)NCCCS. The number of amides is 1. The van der Waals surface area contributed by atoms with E-state index in [4.69, 9.17) is 5.73 Å². The van der Waals surface area contributed by atoms with Gasteiger partial charge >= 0.3 is 0 Å². The Morgan fingerprint density at radius 2 is 2.33 bits per heavy atom. The minimum absolute atomic E-state index is 0.0760. The molecule has 0 aromatic carbocycles. The van der Waals surface area contributed by atoms with Gasteiger partial charge in [-0.1, -0.05) is 0 Å². The molecule has 0 bridgehead atoms. The Labute approximate surface area is 60.4 Å². The summed E-state index contributed by atoms with van der Waals surface area (Å²) in [5, 5.41) is 2.62. The first-order valence-electron chi connectivity index (χ1n) is 2.89. The molecule has 0 aliphatic carbocycles. The maximum atomic E-state index is 10.4. The van der Waals surface area contributed by atoms with Gasteiger partial charge in [-0.15, -0.1) is 0 Å². The number of carbonyl (C=O) groups is 1. The number of nitrogens with one attached hydrogen (secondary N) is 1. The molecule has 0 aliphatic rings. The van der Waals surface area contributed by atoms with Crippen molar-refractivity contribution in [3.05, 3.63) is 0 Å². The van der Waals surface area contributed by atoms with E-state index in [0.717, 1.165) is 12.2 Å². The third-order valence-electron chi connectivity index (χ3n) is 0.842. The van der Waals surface area contributed by atoms with Crippen molar-refractivity contribution in [3.63, 3.8) is 0 Å². The molecule has 0 fully saturated rings. The summed E-state index contributed by atoms with van der Waals surface area (Å²) >= 11 is 3.97. The van der Waals surface area contributed by atoms with Crippen molar-refractivity contribution >= 4 is 18.5 Å². The van der Waals surface area contributed by atoms with E-state index in [1.54, 1.807) is 0 Å². The van der Waals surface area contributed by atoms with Crippen LogP contribution in [0.25, 0.3) is 0 Å². The summed E-state index contributed by atoms with van der Waals surface area (Å²) in [4.78, 5) is 10.4. The van der Waals surface area contributed by atoms with E-state index >= 15 is 0 Å². The first kappa shape index (κ1) is 8.78. The van der Waals surface area contributed by atoms with Crippen molar-refractivity contribution < 1.29 is 4.79 Å². The van der Waals surface area contributed by atoms with Gasteiger partial charge in [0.05, 0.1) is 6.54 Å². The van der Waals surface area contributed by atoms with Gasteiger partial charge in [0.2, 0.25) is 5.91 Å². The zero-order valence-corrected chi connectivity index (χ0v) is 6.16. The van der Waals surface area contributed by atoms with E-state index in [1.807, 2.05) is 0 Å². The minimum atomic E-state index is -0.100. The van der Waals surface area contributed by atoms with E-state index < -0.39 is 0 Å². The Morgan fingerprint density at radius 3 is 2.78 bits per heavy atom. The summed E-state index contributed by atoms with van der Waals surface area (Å²) in [5.41, 5.74) is 5.02. The standard InChI is InChI=1S/C5H12N2OS/c6-4-5(8)7-2-1-3-9/h9H,1-4,6H2,(H,7,8). The van der Waals surface area contributed by atoms with Crippen LogP contribution in [0, 0.1) is 0 Å². The molecule has 0 aliphatic heterocycles. The quantitative estimate of drug-likeness (QED) is 0.368. The van der Waals surface area contributed by atoms with Gasteiger partial charge in [0, 0.05) is 6.54 Å². The van der Waals surface area contributed by atoms with E-state index in [0.29, 0.717) is 6.54 Å². The Hall–Kier alpha value is -0.220. The first-order chi connectivity index (χ1) is 4.31. The molecule has 0 heterocycles. The molecular formula is C5H12N2OS. The Morgan fingerprint density at radius 1 is 1.67 bits per heavy atom. The van der Waals surface area contributed by atoms with Crippen LogP contribution in [0.1, 0.15) is 6.42 Å². The third kappa shape index (κ3) is 5.65. The fraction of sp³-hybridized carbons (Fsp3) is 0.800. The lowest BCUT2D eigenvalue weighted by atomic mass is 10.4. The van der Waals surface area contributed by atoms with Crippen LogP contribution in [-0.2, 0) is 4.79 Å². The molecule has 4 heteroatoms. The van der Waals surface area contributed by atoms with Gasteiger partial charge in [0.15, 0.2) is 0 Å². The topological polar surface area (TPSA) is 55.1 Å². The van der Waals surface area contributed by atoms with Gasteiger partial charge in [-0.2, -0.15) is 12.6 Å². The second kappa shape index (κ2) is 5.91. The molecule has 0 spiro atoms. The highest BCUT2D eigenvalue weighted by Gasteiger charge is 1.92. The van der Waals surface area contributed by atoms with Crippen LogP contribution in [0.2, 0.25) is 0 Å². The molecule has 54 valence electrons. The highest BCUT2D eigenvalue weighted by atomic mass is 32.1. The number of thiol groups is 1. The van der Waals surface area contributed by atoms with Crippen molar-refractivity contribution in [1.29, 1.82) is 0 Å². The highest BCUT2D eigenvalue weighted by molar-refractivity contribution is 7.80. The molecule has 1 amide bonds. The Bertz CT molecular complexity index is 87.0. The van der Waals surface area contributed by atoms with Crippen LogP contribution in [0.5, 0.6) is 0 Å². The zero-order valence-electron chi connectivity index (χ0n) is 5.26. The highest BCUT2D eigenvalue weighted by Crippen LogP contribution is 1.78. The average molecular weight is 148 g/mol. The van der Waals surface area contributed by atoms with Gasteiger partial charge in [-0.3, -0.25) is 4.79 Å². The molecule has 3 nitrogen and oxygen atoms in total. The smallest absolute Gasteiger partial charge is 0.233 e. The van der Waals surface area contributed by atoms with Crippen LogP contribution in [-0.4, -0.2) is 24.7 Å². The molecule has 0 rings (SSSR count). The van der Waals surface area contributed by atoms with Crippen LogP contribution in [0.3, 0.4) is 0 Å². The van der Waals surface area contributed by atoms with Crippen LogP contribution in [0.4, 0.5) is 0 Å². The molecule has 0 saturated carbocycles. The lowest BCUT2D eigenvalue weighted by Crippen LogP contribution is -2.31. The molecule has 0 atom stereocenters. The van der Waals surface area contributed by atoms with Crippen LogP contribution >= 0.6 is 12.6 Å². The minimum Gasteiger partial charge on any atom is -0.355 e. The van der Waals surface area contributed by atoms with E-state index in [-0.39, 0.29) is 12.5 Å². The molecular weight excluding hydrogens is 136 g/mol. The van der Waals surface area contributed by atoms with Crippen molar-refractivity contribution in [3.8, 4) is 0 Å². The van der Waals surface area contributed by atoms with Gasteiger partial charge in [-0.25, -0.2) is 0 Å². The molecule has 3 N–H and O–H groups in total. The maximum absolute atomic E-state index is 10.4. The largest absolute Gasteiger partial charge is 0.355 e. The van der Waals surface area contributed by atoms with E-state index in [1.165, 1.54) is 0 Å². The predicted molar refractivity (Wildman–Crippen MR) is 40.5 cm³/mol.